The highest BCUT2D eigenvalue weighted by Gasteiger charge is 2.14. The number of hydrogen-bond acceptors (Lipinski definition) is 4. The molecule has 0 atom stereocenters. The molecule has 0 aromatic heterocycles. The molecule has 7 heteroatoms. The van der Waals surface area contributed by atoms with Gasteiger partial charge in [0.05, 0.1) is 5.71 Å². The highest BCUT2D eigenvalue weighted by Crippen LogP contribution is 2.21. The van der Waals surface area contributed by atoms with Crippen LogP contribution in [-0.4, -0.2) is 28.7 Å². The minimum Gasteiger partial charge on any atom is -0.507 e. The maximum Gasteiger partial charge on any atom is 0.329 e. The van der Waals surface area contributed by atoms with Gasteiger partial charge in [0.25, 0.3) is 0 Å². The summed E-state index contributed by atoms with van der Waals surface area (Å²) in [5.74, 6) is -1.66. The van der Waals surface area contributed by atoms with E-state index < -0.39 is 11.8 Å². The third-order valence-electron chi connectivity index (χ3n) is 2.30. The van der Waals surface area contributed by atoms with Crippen LogP contribution in [0.4, 0.5) is 0 Å². The fourth-order valence-corrected chi connectivity index (χ4v) is 1.54. The summed E-state index contributed by atoms with van der Waals surface area (Å²) in [4.78, 5) is 22.8. The molecule has 0 aliphatic heterocycles. The number of carbonyl (C=O) groups excluding carboxylic acids is 2. The Morgan fingerprint density at radius 3 is 2.55 bits per heavy atom. The molecule has 0 spiro atoms. The third kappa shape index (κ3) is 4.55. The Kier molecular flexibility index (Phi) is 5.52. The van der Waals surface area contributed by atoms with Crippen LogP contribution in [-0.2, 0) is 9.59 Å². The number of halogens is 1. The Bertz CT molecular complexity index is 556. The first-order chi connectivity index (χ1) is 9.31. The van der Waals surface area contributed by atoms with Crippen LogP contribution < -0.4 is 10.7 Å². The number of rotatable bonds is 3. The molecular formula is C13H16ClN3O3. The second-order valence-corrected chi connectivity index (χ2v) is 4.86. The monoisotopic (exact) mass is 297 g/mol. The molecular weight excluding hydrogens is 282 g/mol. The molecule has 0 bridgehead atoms. The van der Waals surface area contributed by atoms with Gasteiger partial charge in [0, 0.05) is 16.6 Å². The Balaban J connectivity index is 2.77. The fourth-order valence-electron chi connectivity index (χ4n) is 1.37. The standard InChI is InChI=1S/C13H16ClN3O3/c1-7(2)15-12(19)13(20)17-16-8(3)10-6-9(14)4-5-11(10)18/h4-7,18H,1-3H3,(H,15,19)(H,17,20)/b16-8+. The lowest BCUT2D eigenvalue weighted by molar-refractivity contribution is -0.139. The number of aromatic hydroxyl groups is 1. The second-order valence-electron chi connectivity index (χ2n) is 4.43. The van der Waals surface area contributed by atoms with Gasteiger partial charge >= 0.3 is 11.8 Å². The summed E-state index contributed by atoms with van der Waals surface area (Å²) >= 11 is 5.81. The van der Waals surface area contributed by atoms with Crippen molar-refractivity contribution in [1.82, 2.24) is 10.7 Å². The molecule has 0 aliphatic rings. The van der Waals surface area contributed by atoms with Gasteiger partial charge in [0.1, 0.15) is 5.75 Å². The SMILES string of the molecule is C/C(=N\NC(=O)C(=O)NC(C)C)c1cc(Cl)ccc1O. The van der Waals surface area contributed by atoms with Crippen molar-refractivity contribution in [2.75, 3.05) is 0 Å². The largest absolute Gasteiger partial charge is 0.507 e. The first-order valence-corrected chi connectivity index (χ1v) is 6.33. The first-order valence-electron chi connectivity index (χ1n) is 5.95. The van der Waals surface area contributed by atoms with E-state index in [-0.39, 0.29) is 11.8 Å². The van der Waals surface area contributed by atoms with Crippen molar-refractivity contribution in [3.63, 3.8) is 0 Å². The van der Waals surface area contributed by atoms with Crippen LogP contribution in [0.3, 0.4) is 0 Å². The molecule has 108 valence electrons. The summed E-state index contributed by atoms with van der Waals surface area (Å²) in [6, 6.07) is 4.32. The van der Waals surface area contributed by atoms with Crippen molar-refractivity contribution in [3.8, 4) is 5.75 Å². The fraction of sp³-hybridized carbons (Fsp3) is 0.308. The molecule has 6 nitrogen and oxygen atoms in total. The van der Waals surface area contributed by atoms with Crippen LogP contribution in [0.5, 0.6) is 5.75 Å². The van der Waals surface area contributed by atoms with Crippen molar-refractivity contribution in [3.05, 3.63) is 28.8 Å². The highest BCUT2D eigenvalue weighted by molar-refractivity contribution is 6.35. The Labute approximate surface area is 121 Å². The number of nitrogens with one attached hydrogen (secondary N) is 2. The van der Waals surface area contributed by atoms with Crippen LogP contribution in [0.1, 0.15) is 26.3 Å². The van der Waals surface area contributed by atoms with E-state index in [0.717, 1.165) is 0 Å². The third-order valence-corrected chi connectivity index (χ3v) is 2.53. The zero-order valence-electron chi connectivity index (χ0n) is 11.4. The molecule has 0 radical (unpaired) electrons. The molecule has 3 N–H and O–H groups in total. The molecule has 1 aromatic rings. The van der Waals surface area contributed by atoms with Gasteiger partial charge in [-0.3, -0.25) is 9.59 Å². The molecule has 20 heavy (non-hydrogen) atoms. The van der Waals surface area contributed by atoms with Gasteiger partial charge in [0.2, 0.25) is 0 Å². The summed E-state index contributed by atoms with van der Waals surface area (Å²) in [7, 11) is 0. The molecule has 2 amide bonds. The number of hydrazone groups is 1. The predicted molar refractivity (Wildman–Crippen MR) is 76.7 cm³/mol. The van der Waals surface area contributed by atoms with Gasteiger partial charge in [-0.15, -0.1) is 0 Å². The lowest BCUT2D eigenvalue weighted by Gasteiger charge is -2.07. The van der Waals surface area contributed by atoms with Crippen molar-refractivity contribution in [2.24, 2.45) is 5.10 Å². The van der Waals surface area contributed by atoms with Crippen molar-refractivity contribution >= 4 is 29.1 Å². The molecule has 0 unspecified atom stereocenters. The normalized spacial score (nSPS) is 11.3. The number of nitrogens with zero attached hydrogens (tertiary/aromatic N) is 1. The summed E-state index contributed by atoms with van der Waals surface area (Å²) in [5, 5.41) is 16.3. The summed E-state index contributed by atoms with van der Waals surface area (Å²) in [5.41, 5.74) is 2.82. The Morgan fingerprint density at radius 1 is 1.30 bits per heavy atom. The van der Waals surface area contributed by atoms with E-state index in [1.54, 1.807) is 20.8 Å². The number of carbonyl (C=O) groups is 2. The van der Waals surface area contributed by atoms with E-state index in [2.05, 4.69) is 15.8 Å². The number of amides is 2. The van der Waals surface area contributed by atoms with Crippen LogP contribution in [0, 0.1) is 0 Å². The van der Waals surface area contributed by atoms with Gasteiger partial charge < -0.3 is 10.4 Å². The zero-order valence-corrected chi connectivity index (χ0v) is 12.2. The maximum absolute atomic E-state index is 11.4. The minimum absolute atomic E-state index is 0.0171. The first kappa shape index (κ1) is 16.0. The lowest BCUT2D eigenvalue weighted by atomic mass is 10.1. The topological polar surface area (TPSA) is 90.8 Å². The molecule has 0 fully saturated rings. The van der Waals surface area contributed by atoms with Gasteiger partial charge in [-0.2, -0.15) is 5.10 Å². The molecule has 1 aromatic carbocycles. The Morgan fingerprint density at radius 2 is 1.95 bits per heavy atom. The van der Waals surface area contributed by atoms with Crippen LogP contribution in [0.2, 0.25) is 5.02 Å². The number of phenolic OH excluding ortho intramolecular Hbond substituents is 1. The average molecular weight is 298 g/mol. The van der Waals surface area contributed by atoms with E-state index in [4.69, 9.17) is 11.6 Å². The summed E-state index contributed by atoms with van der Waals surface area (Å²) in [6.07, 6.45) is 0. The summed E-state index contributed by atoms with van der Waals surface area (Å²) < 4.78 is 0. The smallest absolute Gasteiger partial charge is 0.329 e. The molecule has 0 aliphatic carbocycles. The maximum atomic E-state index is 11.4. The van der Waals surface area contributed by atoms with Gasteiger partial charge in [-0.25, -0.2) is 5.43 Å². The minimum atomic E-state index is -0.875. The van der Waals surface area contributed by atoms with Crippen molar-refractivity contribution in [2.45, 2.75) is 26.8 Å². The zero-order chi connectivity index (χ0) is 15.3. The van der Waals surface area contributed by atoms with Gasteiger partial charge in [-0.05, 0) is 39.0 Å². The lowest BCUT2D eigenvalue weighted by Crippen LogP contribution is -2.41. The van der Waals surface area contributed by atoms with Gasteiger partial charge in [0.15, 0.2) is 0 Å². The van der Waals surface area contributed by atoms with Crippen LogP contribution in [0.15, 0.2) is 23.3 Å². The van der Waals surface area contributed by atoms with E-state index in [1.165, 1.54) is 18.2 Å². The van der Waals surface area contributed by atoms with Crippen molar-refractivity contribution in [1.29, 1.82) is 0 Å². The average Bonchev–Trinajstić information content (AvgIpc) is 2.37. The predicted octanol–water partition coefficient (Wildman–Crippen LogP) is 1.41. The molecule has 0 saturated heterocycles. The molecule has 0 saturated carbocycles. The van der Waals surface area contributed by atoms with E-state index in [1.807, 2.05) is 0 Å². The number of phenols is 1. The number of benzene rings is 1. The molecule has 0 heterocycles. The van der Waals surface area contributed by atoms with Gasteiger partial charge in [-0.1, -0.05) is 11.6 Å². The van der Waals surface area contributed by atoms with E-state index in [9.17, 15) is 14.7 Å². The number of hydrogen-bond donors (Lipinski definition) is 3. The molecule has 1 rings (SSSR count). The highest BCUT2D eigenvalue weighted by atomic mass is 35.5. The quantitative estimate of drug-likeness (QED) is 0.447. The van der Waals surface area contributed by atoms with Crippen LogP contribution >= 0.6 is 11.6 Å². The van der Waals surface area contributed by atoms with E-state index in [0.29, 0.717) is 16.3 Å². The summed E-state index contributed by atoms with van der Waals surface area (Å²) in [6.45, 7) is 5.05. The van der Waals surface area contributed by atoms with Crippen LogP contribution in [0.25, 0.3) is 0 Å². The second kappa shape index (κ2) is 6.91. The van der Waals surface area contributed by atoms with Crippen molar-refractivity contribution < 1.29 is 14.7 Å². The van der Waals surface area contributed by atoms with E-state index >= 15 is 0 Å². The Hall–Kier alpha value is -2.08.